The van der Waals surface area contributed by atoms with Gasteiger partial charge < -0.3 is 10.1 Å². The largest absolute Gasteiger partial charge is 0.382 e. The summed E-state index contributed by atoms with van der Waals surface area (Å²) in [4.78, 5) is 0. The Bertz CT molecular complexity index is 129. The Morgan fingerprint density at radius 1 is 1.31 bits per heavy atom. The molecule has 0 fully saturated rings. The van der Waals surface area contributed by atoms with Crippen molar-refractivity contribution in [3.63, 3.8) is 0 Å². The molecule has 0 saturated heterocycles. The molecule has 0 amide bonds. The molecule has 1 N–H and O–H groups in total. The average molecular weight is 187 g/mol. The van der Waals surface area contributed by atoms with E-state index in [1.165, 1.54) is 0 Å². The summed E-state index contributed by atoms with van der Waals surface area (Å²) in [7, 11) is 1.77. The molecule has 0 radical (unpaired) electrons. The van der Waals surface area contributed by atoms with Crippen molar-refractivity contribution in [3.05, 3.63) is 0 Å². The molecule has 0 aromatic heterocycles. The van der Waals surface area contributed by atoms with E-state index in [1.54, 1.807) is 7.11 Å². The second kappa shape index (κ2) is 5.61. The molecule has 0 saturated carbocycles. The number of rotatable bonds is 5. The lowest BCUT2D eigenvalue weighted by Crippen LogP contribution is -2.42. The molecule has 13 heavy (non-hydrogen) atoms. The van der Waals surface area contributed by atoms with Crippen molar-refractivity contribution >= 4 is 0 Å². The SMILES string of the molecule is CCNC(CC(C)OC)C(C)(C)C. The molecule has 2 heteroatoms. The van der Waals surface area contributed by atoms with Gasteiger partial charge in [0.15, 0.2) is 0 Å². The maximum absolute atomic E-state index is 5.28. The summed E-state index contributed by atoms with van der Waals surface area (Å²) in [5, 5.41) is 3.51. The molecule has 2 nitrogen and oxygen atoms in total. The Morgan fingerprint density at radius 3 is 2.15 bits per heavy atom. The van der Waals surface area contributed by atoms with Crippen LogP contribution in [0.4, 0.5) is 0 Å². The number of methoxy groups -OCH3 is 1. The van der Waals surface area contributed by atoms with E-state index in [0.717, 1.165) is 13.0 Å². The van der Waals surface area contributed by atoms with Gasteiger partial charge in [0.25, 0.3) is 0 Å². The van der Waals surface area contributed by atoms with E-state index in [2.05, 4.69) is 39.9 Å². The second-order valence-corrected chi connectivity index (χ2v) is 4.76. The van der Waals surface area contributed by atoms with Gasteiger partial charge in [-0.3, -0.25) is 0 Å². The van der Waals surface area contributed by atoms with Crippen LogP contribution in [0, 0.1) is 5.41 Å². The smallest absolute Gasteiger partial charge is 0.0558 e. The summed E-state index contributed by atoms with van der Waals surface area (Å²) in [6.45, 7) is 12.1. The van der Waals surface area contributed by atoms with Gasteiger partial charge in [-0.25, -0.2) is 0 Å². The minimum absolute atomic E-state index is 0.308. The fourth-order valence-corrected chi connectivity index (χ4v) is 1.42. The molecule has 0 spiro atoms. The third-order valence-corrected chi connectivity index (χ3v) is 2.47. The lowest BCUT2D eigenvalue weighted by atomic mass is 9.83. The summed E-state index contributed by atoms with van der Waals surface area (Å²) in [6.07, 6.45) is 1.41. The first-order chi connectivity index (χ1) is 5.91. The van der Waals surface area contributed by atoms with Crippen molar-refractivity contribution in [2.75, 3.05) is 13.7 Å². The highest BCUT2D eigenvalue weighted by Crippen LogP contribution is 2.23. The number of hydrogen-bond acceptors (Lipinski definition) is 2. The van der Waals surface area contributed by atoms with Crippen molar-refractivity contribution in [1.29, 1.82) is 0 Å². The predicted molar refractivity (Wildman–Crippen MR) is 58.0 cm³/mol. The van der Waals surface area contributed by atoms with Gasteiger partial charge in [-0.2, -0.15) is 0 Å². The number of hydrogen-bond donors (Lipinski definition) is 1. The van der Waals surface area contributed by atoms with Gasteiger partial charge in [-0.1, -0.05) is 27.7 Å². The lowest BCUT2D eigenvalue weighted by Gasteiger charge is -2.33. The first kappa shape index (κ1) is 12.9. The third-order valence-electron chi connectivity index (χ3n) is 2.47. The molecule has 2 atom stereocenters. The van der Waals surface area contributed by atoms with Gasteiger partial charge in [-0.05, 0) is 25.3 Å². The fraction of sp³-hybridized carbons (Fsp3) is 1.00. The molecule has 80 valence electrons. The zero-order valence-corrected chi connectivity index (χ0v) is 9.98. The quantitative estimate of drug-likeness (QED) is 0.714. The summed E-state index contributed by atoms with van der Waals surface area (Å²) in [5.41, 5.74) is 0.308. The molecule has 2 unspecified atom stereocenters. The van der Waals surface area contributed by atoms with Crippen molar-refractivity contribution in [1.82, 2.24) is 5.32 Å². The average Bonchev–Trinajstić information content (AvgIpc) is 2.01. The van der Waals surface area contributed by atoms with Crippen LogP contribution in [0.5, 0.6) is 0 Å². The normalized spacial score (nSPS) is 17.1. The molecule has 0 aromatic rings. The molecule has 0 aliphatic rings. The Labute approximate surface area is 83.1 Å². The Balaban J connectivity index is 4.10. The van der Waals surface area contributed by atoms with Crippen molar-refractivity contribution < 1.29 is 4.74 Å². The molecule has 0 aromatic carbocycles. The number of nitrogens with one attached hydrogen (secondary N) is 1. The van der Waals surface area contributed by atoms with E-state index in [9.17, 15) is 0 Å². The van der Waals surface area contributed by atoms with Gasteiger partial charge in [0.05, 0.1) is 6.10 Å². The molecule has 0 heterocycles. The van der Waals surface area contributed by atoms with Crippen LogP contribution in [0.15, 0.2) is 0 Å². The van der Waals surface area contributed by atoms with Crippen LogP contribution in [-0.2, 0) is 4.74 Å². The predicted octanol–water partition coefficient (Wildman–Crippen LogP) is 2.44. The topological polar surface area (TPSA) is 21.3 Å². The highest BCUT2D eigenvalue weighted by atomic mass is 16.5. The summed E-state index contributed by atoms with van der Waals surface area (Å²) < 4.78 is 5.28. The van der Waals surface area contributed by atoms with Gasteiger partial charge >= 0.3 is 0 Å². The first-order valence-electron chi connectivity index (χ1n) is 5.18. The lowest BCUT2D eigenvalue weighted by molar-refractivity contribution is 0.0826. The Hall–Kier alpha value is -0.0800. The molecule has 0 aliphatic heterocycles. The van der Waals surface area contributed by atoms with Gasteiger partial charge in [-0.15, -0.1) is 0 Å². The van der Waals surface area contributed by atoms with Gasteiger partial charge in [0.2, 0.25) is 0 Å². The molecule has 0 bridgehead atoms. The summed E-state index contributed by atoms with van der Waals surface area (Å²) >= 11 is 0. The minimum atomic E-state index is 0.308. The molecule has 0 aliphatic carbocycles. The zero-order valence-electron chi connectivity index (χ0n) is 9.98. The Kier molecular flexibility index (Phi) is 5.57. The van der Waals surface area contributed by atoms with Crippen LogP contribution >= 0.6 is 0 Å². The van der Waals surface area contributed by atoms with Crippen LogP contribution in [-0.4, -0.2) is 25.8 Å². The van der Waals surface area contributed by atoms with E-state index in [-0.39, 0.29) is 0 Å². The van der Waals surface area contributed by atoms with E-state index < -0.39 is 0 Å². The van der Waals surface area contributed by atoms with Crippen molar-refractivity contribution in [2.45, 2.75) is 53.2 Å². The van der Waals surface area contributed by atoms with Gasteiger partial charge in [0, 0.05) is 13.2 Å². The van der Waals surface area contributed by atoms with Crippen molar-refractivity contribution in [3.8, 4) is 0 Å². The van der Waals surface area contributed by atoms with Crippen LogP contribution in [0.2, 0.25) is 0 Å². The summed E-state index contributed by atoms with van der Waals surface area (Å²) in [6, 6.07) is 0.535. The van der Waals surface area contributed by atoms with Gasteiger partial charge in [0.1, 0.15) is 0 Å². The van der Waals surface area contributed by atoms with Crippen LogP contribution in [0.3, 0.4) is 0 Å². The highest BCUT2D eigenvalue weighted by molar-refractivity contribution is 4.81. The highest BCUT2D eigenvalue weighted by Gasteiger charge is 2.25. The molecular formula is C11H25NO. The van der Waals surface area contributed by atoms with Crippen LogP contribution in [0.25, 0.3) is 0 Å². The molecular weight excluding hydrogens is 162 g/mol. The van der Waals surface area contributed by atoms with E-state index >= 15 is 0 Å². The van der Waals surface area contributed by atoms with Crippen molar-refractivity contribution in [2.24, 2.45) is 5.41 Å². The minimum Gasteiger partial charge on any atom is -0.382 e. The number of ether oxygens (including phenoxy) is 1. The fourth-order valence-electron chi connectivity index (χ4n) is 1.42. The Morgan fingerprint density at radius 2 is 1.85 bits per heavy atom. The monoisotopic (exact) mass is 187 g/mol. The first-order valence-corrected chi connectivity index (χ1v) is 5.18. The van der Waals surface area contributed by atoms with E-state index in [1.807, 2.05) is 0 Å². The summed E-state index contributed by atoms with van der Waals surface area (Å²) in [5.74, 6) is 0. The van der Waals surface area contributed by atoms with E-state index in [4.69, 9.17) is 4.74 Å². The van der Waals surface area contributed by atoms with Crippen LogP contribution in [0.1, 0.15) is 41.0 Å². The van der Waals surface area contributed by atoms with Crippen LogP contribution < -0.4 is 5.32 Å². The zero-order chi connectivity index (χ0) is 10.5. The molecule has 0 rings (SSSR count). The third kappa shape index (κ3) is 5.27. The standard InChI is InChI=1S/C11H25NO/c1-7-12-10(11(3,4)5)8-9(2)13-6/h9-10,12H,7-8H2,1-6H3. The maximum Gasteiger partial charge on any atom is 0.0558 e. The van der Waals surface area contributed by atoms with E-state index in [0.29, 0.717) is 17.6 Å². The maximum atomic E-state index is 5.28. The second-order valence-electron chi connectivity index (χ2n) is 4.76.